The summed E-state index contributed by atoms with van der Waals surface area (Å²) in [4.78, 5) is 13.2. The molecule has 0 aromatic carbocycles. The predicted molar refractivity (Wildman–Crippen MR) is 300 cm³/mol. The van der Waals surface area contributed by atoms with Crippen LogP contribution in [0.1, 0.15) is 239 Å². The van der Waals surface area contributed by atoms with Crippen molar-refractivity contribution in [3.8, 4) is 0 Å². The third-order valence-corrected chi connectivity index (χ3v) is 14.7. The van der Waals surface area contributed by atoms with E-state index in [1.54, 1.807) is 6.08 Å². The lowest BCUT2D eigenvalue weighted by Crippen LogP contribution is -2.65. The van der Waals surface area contributed by atoms with E-state index in [1.165, 1.54) is 154 Å². The second-order valence-electron chi connectivity index (χ2n) is 21.5. The Morgan fingerprint density at radius 3 is 1.41 bits per heavy atom. The summed E-state index contributed by atoms with van der Waals surface area (Å²) in [6.45, 7) is 2.76. The third kappa shape index (κ3) is 32.6. The van der Waals surface area contributed by atoms with Crippen LogP contribution in [0.2, 0.25) is 0 Å². The monoisotopic (exact) mass is 1070 g/mol. The van der Waals surface area contributed by atoms with Crippen molar-refractivity contribution in [1.82, 2.24) is 5.32 Å². The Hall–Kier alpha value is -2.05. The molecule has 2 rings (SSSR count). The van der Waals surface area contributed by atoms with Gasteiger partial charge in [0.2, 0.25) is 5.91 Å². The van der Waals surface area contributed by atoms with Crippen LogP contribution in [0.25, 0.3) is 0 Å². The van der Waals surface area contributed by atoms with Crippen LogP contribution in [0.3, 0.4) is 0 Å². The van der Waals surface area contributed by atoms with Gasteiger partial charge in [-0.1, -0.05) is 217 Å². The smallest absolute Gasteiger partial charge is 0.220 e. The van der Waals surface area contributed by atoms with Gasteiger partial charge in [0, 0.05) is 6.42 Å². The number of aliphatic hydroxyl groups is 8. The number of hydrogen-bond acceptors (Lipinski definition) is 13. The standard InChI is InChI=1S/C61H111NO13/c1-3-5-7-9-11-13-15-17-19-21-22-23-24-25-26-27-29-30-32-34-36-38-40-42-44-50(65)49(62-53(66)45-43-41-39-37-35-33-31-28-20-18-16-14-12-10-8-6-4-2)48-72-60-58(71)56(69)59(52(47-64)74-60)75-61-57(70)55(68)54(67)51(46-63)73-61/h12,14,18,20,34,36,42,44,49-52,54-61,63-65,67-71H,3-11,13,15-17,19,21-33,35,37-41,43,45-48H2,1-2H3,(H,62,66)/b14-12-,20-18-,36-34+,44-42+. The highest BCUT2D eigenvalue weighted by Crippen LogP contribution is 2.30. The summed E-state index contributed by atoms with van der Waals surface area (Å²) in [7, 11) is 0. The molecule has 12 atom stereocenters. The van der Waals surface area contributed by atoms with Gasteiger partial charge in [0.25, 0.3) is 0 Å². The maximum Gasteiger partial charge on any atom is 0.220 e. The summed E-state index contributed by atoms with van der Waals surface area (Å²) in [5.74, 6) is -0.257. The zero-order valence-electron chi connectivity index (χ0n) is 47.0. The van der Waals surface area contributed by atoms with Gasteiger partial charge in [0.15, 0.2) is 12.6 Å². The molecule has 2 fully saturated rings. The third-order valence-electron chi connectivity index (χ3n) is 14.7. The molecule has 0 aliphatic carbocycles. The van der Waals surface area contributed by atoms with Crippen molar-refractivity contribution in [2.24, 2.45) is 0 Å². The van der Waals surface area contributed by atoms with Crippen molar-refractivity contribution in [3.05, 3.63) is 48.6 Å². The first kappa shape index (κ1) is 69.1. The van der Waals surface area contributed by atoms with Crippen molar-refractivity contribution in [3.63, 3.8) is 0 Å². The van der Waals surface area contributed by atoms with Gasteiger partial charge in [-0.15, -0.1) is 0 Å². The summed E-state index contributed by atoms with van der Waals surface area (Å²) in [5, 5.41) is 87.1. The van der Waals surface area contributed by atoms with E-state index in [-0.39, 0.29) is 18.9 Å². The Morgan fingerprint density at radius 1 is 0.480 bits per heavy atom. The highest BCUT2D eigenvalue weighted by molar-refractivity contribution is 5.76. The zero-order valence-corrected chi connectivity index (χ0v) is 47.0. The topological polar surface area (TPSA) is 228 Å². The maximum atomic E-state index is 13.2. The molecule has 14 heteroatoms. The molecule has 0 aromatic rings. The molecule has 1 amide bonds. The Bertz CT molecular complexity index is 1440. The van der Waals surface area contributed by atoms with Crippen molar-refractivity contribution in [1.29, 1.82) is 0 Å². The van der Waals surface area contributed by atoms with Gasteiger partial charge in [-0.2, -0.15) is 0 Å². The first-order valence-corrected chi connectivity index (χ1v) is 30.4. The first-order valence-electron chi connectivity index (χ1n) is 30.4. The second-order valence-corrected chi connectivity index (χ2v) is 21.5. The highest BCUT2D eigenvalue weighted by atomic mass is 16.7. The molecular weight excluding hydrogens is 955 g/mol. The zero-order chi connectivity index (χ0) is 54.6. The summed E-state index contributed by atoms with van der Waals surface area (Å²) >= 11 is 0. The molecular formula is C61H111NO13. The molecule has 0 radical (unpaired) electrons. The van der Waals surface area contributed by atoms with E-state index >= 15 is 0 Å². The molecule has 75 heavy (non-hydrogen) atoms. The molecule has 2 aliphatic rings. The number of hydrogen-bond donors (Lipinski definition) is 9. The molecule has 0 bridgehead atoms. The lowest BCUT2D eigenvalue weighted by Gasteiger charge is -2.46. The van der Waals surface area contributed by atoms with Crippen molar-refractivity contribution in [2.75, 3.05) is 19.8 Å². The highest BCUT2D eigenvalue weighted by Gasteiger charge is 2.51. The number of carbonyl (C=O) groups excluding carboxylic acids is 1. The average molecular weight is 1070 g/mol. The minimum atomic E-state index is -1.79. The minimum Gasteiger partial charge on any atom is -0.394 e. The molecule has 9 N–H and O–H groups in total. The quantitative estimate of drug-likeness (QED) is 0.0204. The number of unbranched alkanes of at least 4 members (excludes halogenated alkanes) is 29. The van der Waals surface area contributed by atoms with Crippen LogP contribution in [-0.2, 0) is 23.7 Å². The molecule has 0 saturated carbocycles. The SMILES string of the molecule is CCCCC/C=C\C/C=C\CCCCCCCCCC(=O)NC(COC1OC(CO)C(OC2OC(CO)C(O)C(O)C2O)C(O)C1O)C(O)/C=C/CC/C=C/CCCCCCCCCCCCCCCCCCCC. The van der Waals surface area contributed by atoms with E-state index in [0.29, 0.717) is 12.8 Å². The first-order chi connectivity index (χ1) is 36.6. The van der Waals surface area contributed by atoms with Crippen LogP contribution in [-0.4, -0.2) is 140 Å². The van der Waals surface area contributed by atoms with Crippen molar-refractivity contribution in [2.45, 2.75) is 312 Å². The van der Waals surface area contributed by atoms with E-state index < -0.39 is 86.8 Å². The van der Waals surface area contributed by atoms with Gasteiger partial charge in [0.1, 0.15) is 48.8 Å². The number of rotatable bonds is 48. The molecule has 12 unspecified atom stereocenters. The van der Waals surface area contributed by atoms with E-state index in [9.17, 15) is 45.6 Å². The predicted octanol–water partition coefficient (Wildman–Crippen LogP) is 10.4. The number of allylic oxidation sites excluding steroid dienone is 7. The van der Waals surface area contributed by atoms with Crippen molar-refractivity contribution >= 4 is 5.91 Å². The van der Waals surface area contributed by atoms with Gasteiger partial charge in [0.05, 0.1) is 32.0 Å². The van der Waals surface area contributed by atoms with Gasteiger partial charge in [-0.25, -0.2) is 0 Å². The number of ether oxygens (including phenoxy) is 4. The molecule has 0 aromatic heterocycles. The second kappa shape index (κ2) is 46.8. The van der Waals surface area contributed by atoms with E-state index in [4.69, 9.17) is 18.9 Å². The largest absolute Gasteiger partial charge is 0.394 e. The van der Waals surface area contributed by atoms with Crippen LogP contribution < -0.4 is 5.32 Å². The van der Waals surface area contributed by atoms with Crippen LogP contribution >= 0.6 is 0 Å². The molecule has 0 spiro atoms. The molecule has 2 saturated heterocycles. The molecule has 14 nitrogen and oxygen atoms in total. The van der Waals surface area contributed by atoms with Crippen LogP contribution in [0.15, 0.2) is 48.6 Å². The molecule has 438 valence electrons. The number of aliphatic hydroxyl groups excluding tert-OH is 8. The van der Waals surface area contributed by atoms with Gasteiger partial charge in [-0.3, -0.25) is 4.79 Å². The van der Waals surface area contributed by atoms with E-state index in [1.807, 2.05) is 6.08 Å². The van der Waals surface area contributed by atoms with E-state index in [2.05, 4.69) is 55.6 Å². The Balaban J connectivity index is 1.78. The maximum absolute atomic E-state index is 13.2. The fourth-order valence-electron chi connectivity index (χ4n) is 9.81. The van der Waals surface area contributed by atoms with Gasteiger partial charge < -0.3 is 65.1 Å². The number of amides is 1. The number of carbonyl (C=O) groups is 1. The van der Waals surface area contributed by atoms with Crippen LogP contribution in [0, 0.1) is 0 Å². The van der Waals surface area contributed by atoms with E-state index in [0.717, 1.165) is 51.4 Å². The molecule has 2 aliphatic heterocycles. The lowest BCUT2D eigenvalue weighted by atomic mass is 9.97. The fourth-order valence-corrected chi connectivity index (χ4v) is 9.81. The van der Waals surface area contributed by atoms with Gasteiger partial charge >= 0.3 is 0 Å². The lowest BCUT2D eigenvalue weighted by molar-refractivity contribution is -0.359. The van der Waals surface area contributed by atoms with Crippen LogP contribution in [0.4, 0.5) is 0 Å². The van der Waals surface area contributed by atoms with Gasteiger partial charge in [-0.05, 0) is 64.2 Å². The molecule has 2 heterocycles. The summed E-state index contributed by atoms with van der Waals surface area (Å²) in [5.41, 5.74) is 0. The Morgan fingerprint density at radius 2 is 0.893 bits per heavy atom. The fraction of sp³-hybridized carbons (Fsp3) is 0.852. The van der Waals surface area contributed by atoms with Crippen LogP contribution in [0.5, 0.6) is 0 Å². The summed E-state index contributed by atoms with van der Waals surface area (Å²) in [6.07, 6.45) is 41.5. The number of nitrogens with one attached hydrogen (secondary N) is 1. The minimum absolute atomic E-state index is 0.257. The summed E-state index contributed by atoms with van der Waals surface area (Å²) < 4.78 is 22.8. The average Bonchev–Trinajstić information content (AvgIpc) is 3.41. The Kier molecular flexibility index (Phi) is 43.1. The summed E-state index contributed by atoms with van der Waals surface area (Å²) in [6, 6.07) is -0.937. The van der Waals surface area contributed by atoms with Crippen molar-refractivity contribution < 1.29 is 64.6 Å². The normalized spacial score (nSPS) is 25.4. The Labute approximate surface area is 454 Å².